The summed E-state index contributed by atoms with van der Waals surface area (Å²) in [7, 11) is 0. The Bertz CT molecular complexity index is 563. The summed E-state index contributed by atoms with van der Waals surface area (Å²) in [4.78, 5) is 11.4. The van der Waals surface area contributed by atoms with Crippen LogP contribution >= 0.6 is 0 Å². The second-order valence-electron chi connectivity index (χ2n) is 2.97. The predicted molar refractivity (Wildman–Crippen MR) is 53.8 cm³/mol. The standard InChI is InChI=1S/C11H8N2O/c12-7-8-13-10-4-2-1-3-9(10)5-6-11(13)14/h1-6H,8H2. The smallest absolute Gasteiger partial charge is 0.251 e. The van der Waals surface area contributed by atoms with Crippen molar-refractivity contribution in [2.45, 2.75) is 6.54 Å². The molecule has 0 saturated carbocycles. The molecular weight excluding hydrogens is 176 g/mol. The number of benzene rings is 1. The molecule has 0 unspecified atom stereocenters. The lowest BCUT2D eigenvalue weighted by molar-refractivity contribution is 0.827. The minimum Gasteiger partial charge on any atom is -0.294 e. The lowest BCUT2D eigenvalue weighted by atomic mass is 10.2. The molecule has 0 atom stereocenters. The van der Waals surface area contributed by atoms with Crippen molar-refractivity contribution in [2.75, 3.05) is 0 Å². The first-order valence-corrected chi connectivity index (χ1v) is 4.28. The van der Waals surface area contributed by atoms with E-state index in [1.54, 1.807) is 6.07 Å². The van der Waals surface area contributed by atoms with Gasteiger partial charge in [-0.2, -0.15) is 5.26 Å². The Morgan fingerprint density at radius 1 is 1.21 bits per heavy atom. The Morgan fingerprint density at radius 3 is 2.79 bits per heavy atom. The van der Waals surface area contributed by atoms with Gasteiger partial charge in [0.1, 0.15) is 6.54 Å². The van der Waals surface area contributed by atoms with Gasteiger partial charge in [0.2, 0.25) is 0 Å². The van der Waals surface area contributed by atoms with Crippen molar-refractivity contribution < 1.29 is 0 Å². The average Bonchev–Trinajstić information content (AvgIpc) is 2.23. The molecule has 14 heavy (non-hydrogen) atoms. The van der Waals surface area contributed by atoms with Crippen molar-refractivity contribution in [1.29, 1.82) is 5.26 Å². The molecule has 1 aromatic carbocycles. The van der Waals surface area contributed by atoms with E-state index in [4.69, 9.17) is 5.26 Å². The molecule has 0 amide bonds. The zero-order chi connectivity index (χ0) is 9.97. The van der Waals surface area contributed by atoms with E-state index >= 15 is 0 Å². The van der Waals surface area contributed by atoms with Gasteiger partial charge in [-0.15, -0.1) is 0 Å². The summed E-state index contributed by atoms with van der Waals surface area (Å²) in [5.74, 6) is 0. The third-order valence-corrected chi connectivity index (χ3v) is 2.13. The highest BCUT2D eigenvalue weighted by molar-refractivity contribution is 5.78. The summed E-state index contributed by atoms with van der Waals surface area (Å²) >= 11 is 0. The van der Waals surface area contributed by atoms with Crippen molar-refractivity contribution >= 4 is 10.9 Å². The highest BCUT2D eigenvalue weighted by Crippen LogP contribution is 2.10. The van der Waals surface area contributed by atoms with Crippen molar-refractivity contribution in [3.63, 3.8) is 0 Å². The van der Waals surface area contributed by atoms with Gasteiger partial charge in [-0.25, -0.2) is 0 Å². The number of fused-ring (bicyclic) bond motifs is 1. The molecule has 3 heteroatoms. The third-order valence-electron chi connectivity index (χ3n) is 2.13. The summed E-state index contributed by atoms with van der Waals surface area (Å²) in [5.41, 5.74) is 0.673. The van der Waals surface area contributed by atoms with E-state index in [1.165, 1.54) is 10.6 Å². The lowest BCUT2D eigenvalue weighted by Gasteiger charge is -2.04. The summed E-state index contributed by atoms with van der Waals surface area (Å²) in [6, 6.07) is 12.8. The fourth-order valence-electron chi connectivity index (χ4n) is 1.48. The maximum Gasteiger partial charge on any atom is 0.251 e. The van der Waals surface area contributed by atoms with Crippen molar-refractivity contribution in [2.24, 2.45) is 0 Å². The van der Waals surface area contributed by atoms with Gasteiger partial charge >= 0.3 is 0 Å². The molecule has 0 N–H and O–H groups in total. The number of para-hydroxylation sites is 1. The maximum atomic E-state index is 11.4. The van der Waals surface area contributed by atoms with Gasteiger partial charge in [-0.05, 0) is 17.5 Å². The van der Waals surface area contributed by atoms with Crippen LogP contribution < -0.4 is 5.56 Å². The fraction of sp³-hybridized carbons (Fsp3) is 0.0909. The molecule has 2 rings (SSSR count). The molecule has 68 valence electrons. The summed E-state index contributed by atoms with van der Waals surface area (Å²) < 4.78 is 1.47. The third kappa shape index (κ3) is 1.27. The van der Waals surface area contributed by atoms with E-state index in [0.717, 1.165) is 10.9 Å². The van der Waals surface area contributed by atoms with Crippen LogP contribution in [0.4, 0.5) is 0 Å². The SMILES string of the molecule is N#CCn1c(=O)ccc2ccccc21. The molecule has 0 bridgehead atoms. The van der Waals surface area contributed by atoms with Gasteiger partial charge < -0.3 is 0 Å². The molecular formula is C11H8N2O. The largest absolute Gasteiger partial charge is 0.294 e. The Morgan fingerprint density at radius 2 is 2.00 bits per heavy atom. The highest BCUT2D eigenvalue weighted by atomic mass is 16.1. The first-order valence-electron chi connectivity index (χ1n) is 4.28. The molecule has 3 nitrogen and oxygen atoms in total. The van der Waals surface area contributed by atoms with Gasteiger partial charge in [0.15, 0.2) is 0 Å². The van der Waals surface area contributed by atoms with Crippen LogP contribution in [-0.2, 0) is 6.54 Å². The Kier molecular flexibility index (Phi) is 2.04. The normalized spacial score (nSPS) is 9.93. The molecule has 0 fully saturated rings. The highest BCUT2D eigenvalue weighted by Gasteiger charge is 2.00. The van der Waals surface area contributed by atoms with Crippen molar-refractivity contribution in [3.8, 4) is 6.07 Å². The molecule has 0 radical (unpaired) electrons. The summed E-state index contributed by atoms with van der Waals surface area (Å²) in [6.45, 7) is 0.0974. The molecule has 1 aromatic heterocycles. The fourth-order valence-corrected chi connectivity index (χ4v) is 1.48. The maximum absolute atomic E-state index is 11.4. The lowest BCUT2D eigenvalue weighted by Crippen LogP contribution is -2.18. The van der Waals surface area contributed by atoms with E-state index in [-0.39, 0.29) is 12.1 Å². The quantitative estimate of drug-likeness (QED) is 0.674. The van der Waals surface area contributed by atoms with Crippen LogP contribution in [0.25, 0.3) is 10.9 Å². The van der Waals surface area contributed by atoms with Gasteiger partial charge in [0.05, 0.1) is 11.6 Å². The first-order chi connectivity index (χ1) is 6.83. The van der Waals surface area contributed by atoms with Crippen LogP contribution in [0, 0.1) is 11.3 Å². The van der Waals surface area contributed by atoms with Crippen molar-refractivity contribution in [3.05, 3.63) is 46.8 Å². The van der Waals surface area contributed by atoms with Crippen LogP contribution in [0.3, 0.4) is 0 Å². The molecule has 2 aromatic rings. The molecule has 0 aliphatic rings. The van der Waals surface area contributed by atoms with Gasteiger partial charge in [0, 0.05) is 6.07 Å². The first kappa shape index (κ1) is 8.52. The van der Waals surface area contributed by atoms with E-state index < -0.39 is 0 Å². The molecule has 0 spiro atoms. The Hall–Kier alpha value is -2.08. The second-order valence-corrected chi connectivity index (χ2v) is 2.97. The van der Waals surface area contributed by atoms with Crippen LogP contribution in [0.5, 0.6) is 0 Å². The Balaban J connectivity index is 2.84. The minimum absolute atomic E-state index is 0.0974. The monoisotopic (exact) mass is 184 g/mol. The molecule has 0 aliphatic heterocycles. The van der Waals surface area contributed by atoms with E-state index in [2.05, 4.69) is 0 Å². The number of rotatable bonds is 1. The Labute approximate surface area is 80.8 Å². The summed E-state index contributed by atoms with van der Waals surface area (Å²) in [6.07, 6.45) is 0. The number of aromatic nitrogens is 1. The van der Waals surface area contributed by atoms with Crippen LogP contribution in [0.15, 0.2) is 41.2 Å². The van der Waals surface area contributed by atoms with Gasteiger partial charge in [-0.1, -0.05) is 18.2 Å². The number of nitrogens with zero attached hydrogens (tertiary/aromatic N) is 2. The van der Waals surface area contributed by atoms with E-state index in [1.807, 2.05) is 30.3 Å². The van der Waals surface area contributed by atoms with Gasteiger partial charge in [0.25, 0.3) is 5.56 Å². The van der Waals surface area contributed by atoms with Crippen LogP contribution in [-0.4, -0.2) is 4.57 Å². The molecule has 0 saturated heterocycles. The zero-order valence-corrected chi connectivity index (χ0v) is 7.47. The van der Waals surface area contributed by atoms with E-state index in [9.17, 15) is 4.79 Å². The predicted octanol–water partition coefficient (Wildman–Crippen LogP) is 1.53. The number of pyridine rings is 1. The average molecular weight is 184 g/mol. The van der Waals surface area contributed by atoms with Crippen LogP contribution in [0.1, 0.15) is 0 Å². The minimum atomic E-state index is -0.134. The topological polar surface area (TPSA) is 45.8 Å². The summed E-state index contributed by atoms with van der Waals surface area (Å²) in [5, 5.41) is 9.57. The number of hydrogen-bond donors (Lipinski definition) is 0. The number of hydrogen-bond acceptors (Lipinski definition) is 2. The molecule has 0 aliphatic carbocycles. The number of nitriles is 1. The van der Waals surface area contributed by atoms with Crippen molar-refractivity contribution in [1.82, 2.24) is 4.57 Å². The van der Waals surface area contributed by atoms with E-state index in [0.29, 0.717) is 0 Å². The van der Waals surface area contributed by atoms with Gasteiger partial charge in [-0.3, -0.25) is 9.36 Å². The van der Waals surface area contributed by atoms with Crippen LogP contribution in [0.2, 0.25) is 0 Å². The zero-order valence-electron chi connectivity index (χ0n) is 7.47. The second kappa shape index (κ2) is 3.35. The molecule has 1 heterocycles.